The zero-order valence-electron chi connectivity index (χ0n) is 10.7. The quantitative estimate of drug-likeness (QED) is 0.711. The molecule has 100 valence electrons. The average Bonchev–Trinajstić information content (AvgIpc) is 2.38. The Labute approximate surface area is 108 Å². The summed E-state index contributed by atoms with van der Waals surface area (Å²) in [6.45, 7) is 3.58. The monoisotopic (exact) mass is 260 g/mol. The predicted molar refractivity (Wildman–Crippen MR) is 72.6 cm³/mol. The molecular weight excluding hydrogens is 236 g/mol. The smallest absolute Gasteiger partial charge is 0.317 e. The molecule has 5 heteroatoms. The first-order valence-corrected chi connectivity index (χ1v) is 7.83. The number of ether oxygens (including phenoxy) is 1. The van der Waals surface area contributed by atoms with Gasteiger partial charge in [-0.3, -0.25) is 0 Å². The van der Waals surface area contributed by atoms with Crippen LogP contribution in [-0.2, 0) is 4.74 Å². The lowest BCUT2D eigenvalue weighted by molar-refractivity contribution is 0.0532. The van der Waals surface area contributed by atoms with Crippen LogP contribution in [0.5, 0.6) is 0 Å². The maximum atomic E-state index is 11.7. The van der Waals surface area contributed by atoms with Crippen LogP contribution in [-0.4, -0.2) is 55.8 Å². The van der Waals surface area contributed by atoms with Crippen molar-refractivity contribution in [1.82, 2.24) is 10.2 Å². The molecule has 0 atom stereocenters. The molecule has 4 nitrogen and oxygen atoms in total. The lowest BCUT2D eigenvalue weighted by Gasteiger charge is -2.26. The van der Waals surface area contributed by atoms with Crippen molar-refractivity contribution >= 4 is 17.8 Å². The van der Waals surface area contributed by atoms with E-state index in [-0.39, 0.29) is 6.03 Å². The van der Waals surface area contributed by atoms with Gasteiger partial charge in [0.2, 0.25) is 0 Å². The fraction of sp³-hybridized carbons (Fsp3) is 0.917. The van der Waals surface area contributed by atoms with Gasteiger partial charge in [0, 0.05) is 19.6 Å². The summed E-state index contributed by atoms with van der Waals surface area (Å²) in [6, 6.07) is 0.0670. The van der Waals surface area contributed by atoms with Crippen LogP contribution in [0.1, 0.15) is 25.7 Å². The van der Waals surface area contributed by atoms with Gasteiger partial charge >= 0.3 is 6.03 Å². The summed E-state index contributed by atoms with van der Waals surface area (Å²) in [5, 5.41) is 2.97. The molecule has 0 aromatic carbocycles. The number of hydrogen-bond acceptors (Lipinski definition) is 3. The van der Waals surface area contributed by atoms with E-state index in [1.165, 1.54) is 25.0 Å². The number of carbonyl (C=O) groups excluding carboxylic acids is 1. The highest BCUT2D eigenvalue weighted by Gasteiger charge is 2.15. The number of nitrogens with one attached hydrogen (secondary N) is 1. The normalized spacial score (nSPS) is 15.9. The van der Waals surface area contributed by atoms with E-state index in [0.29, 0.717) is 13.2 Å². The molecule has 0 aromatic rings. The standard InChI is InChI=1S/C12H24N2O2S/c1-17-11-5-3-2-4-6-13-12(15)14-7-9-16-10-8-14/h2-11H2,1H3,(H,13,15). The van der Waals surface area contributed by atoms with E-state index < -0.39 is 0 Å². The maximum absolute atomic E-state index is 11.7. The van der Waals surface area contributed by atoms with Crippen LogP contribution in [0.2, 0.25) is 0 Å². The number of unbranched alkanes of at least 4 members (excludes halogenated alkanes) is 3. The van der Waals surface area contributed by atoms with Crippen molar-refractivity contribution < 1.29 is 9.53 Å². The maximum Gasteiger partial charge on any atom is 0.317 e. The van der Waals surface area contributed by atoms with E-state index in [1.807, 2.05) is 16.7 Å². The third-order valence-corrected chi connectivity index (χ3v) is 3.55. The summed E-state index contributed by atoms with van der Waals surface area (Å²) in [7, 11) is 0. The molecule has 0 unspecified atom stereocenters. The van der Waals surface area contributed by atoms with E-state index in [0.717, 1.165) is 26.1 Å². The summed E-state index contributed by atoms with van der Waals surface area (Å²) in [5.41, 5.74) is 0. The number of nitrogens with zero attached hydrogens (tertiary/aromatic N) is 1. The van der Waals surface area contributed by atoms with Gasteiger partial charge < -0.3 is 15.0 Å². The van der Waals surface area contributed by atoms with Crippen molar-refractivity contribution in [2.45, 2.75) is 25.7 Å². The third kappa shape index (κ3) is 6.78. The number of thioether (sulfide) groups is 1. The van der Waals surface area contributed by atoms with Crippen LogP contribution in [0.25, 0.3) is 0 Å². The summed E-state index contributed by atoms with van der Waals surface area (Å²) in [6.07, 6.45) is 7.00. The van der Waals surface area contributed by atoms with Gasteiger partial charge in [-0.2, -0.15) is 11.8 Å². The van der Waals surface area contributed by atoms with Crippen LogP contribution in [0.15, 0.2) is 0 Å². The first-order chi connectivity index (χ1) is 8.34. The van der Waals surface area contributed by atoms with Crippen molar-refractivity contribution in [3.63, 3.8) is 0 Å². The highest BCUT2D eigenvalue weighted by atomic mass is 32.2. The van der Waals surface area contributed by atoms with E-state index in [2.05, 4.69) is 11.6 Å². The number of carbonyl (C=O) groups is 1. The van der Waals surface area contributed by atoms with E-state index in [9.17, 15) is 4.79 Å². The highest BCUT2D eigenvalue weighted by Crippen LogP contribution is 2.04. The molecule has 0 spiro atoms. The molecule has 1 aliphatic rings. The minimum absolute atomic E-state index is 0.0670. The minimum atomic E-state index is 0.0670. The van der Waals surface area contributed by atoms with Gasteiger partial charge in [0.05, 0.1) is 13.2 Å². The van der Waals surface area contributed by atoms with E-state index in [1.54, 1.807) is 0 Å². The molecular formula is C12H24N2O2S. The summed E-state index contributed by atoms with van der Waals surface area (Å²) < 4.78 is 5.21. The van der Waals surface area contributed by atoms with Crippen LogP contribution < -0.4 is 5.32 Å². The average molecular weight is 260 g/mol. The molecule has 0 radical (unpaired) electrons. The fourth-order valence-electron chi connectivity index (χ4n) is 1.80. The fourth-order valence-corrected chi connectivity index (χ4v) is 2.29. The zero-order chi connectivity index (χ0) is 12.3. The van der Waals surface area contributed by atoms with E-state index in [4.69, 9.17) is 4.74 Å². The van der Waals surface area contributed by atoms with Crippen LogP contribution in [0.4, 0.5) is 4.79 Å². The molecule has 0 bridgehead atoms. The summed E-state index contributed by atoms with van der Waals surface area (Å²) >= 11 is 1.90. The second-order valence-corrected chi connectivity index (χ2v) is 5.22. The molecule has 1 fully saturated rings. The molecule has 1 saturated heterocycles. The molecule has 0 aromatic heterocycles. The highest BCUT2D eigenvalue weighted by molar-refractivity contribution is 7.98. The van der Waals surface area contributed by atoms with Gasteiger partial charge in [0.15, 0.2) is 0 Å². The Morgan fingerprint density at radius 1 is 1.24 bits per heavy atom. The SMILES string of the molecule is CSCCCCCCNC(=O)N1CCOCC1. The molecule has 1 heterocycles. The van der Waals surface area contributed by atoms with Crippen LogP contribution in [0.3, 0.4) is 0 Å². The third-order valence-electron chi connectivity index (χ3n) is 2.85. The molecule has 1 N–H and O–H groups in total. The Hall–Kier alpha value is -0.420. The van der Waals surface area contributed by atoms with Crippen LogP contribution >= 0.6 is 11.8 Å². The zero-order valence-corrected chi connectivity index (χ0v) is 11.6. The van der Waals surface area contributed by atoms with E-state index >= 15 is 0 Å². The number of urea groups is 1. The molecule has 0 aliphatic carbocycles. The molecule has 1 aliphatic heterocycles. The first kappa shape index (κ1) is 14.6. The Balaban J connectivity index is 1.92. The summed E-state index contributed by atoms with van der Waals surface area (Å²) in [5.74, 6) is 1.25. The Morgan fingerprint density at radius 2 is 1.94 bits per heavy atom. The van der Waals surface area contributed by atoms with Crippen LogP contribution in [0, 0.1) is 0 Å². The largest absolute Gasteiger partial charge is 0.378 e. The second-order valence-electron chi connectivity index (χ2n) is 4.24. The second kappa shape index (κ2) is 9.59. The molecule has 2 amide bonds. The van der Waals surface area contributed by atoms with Gasteiger partial charge in [-0.05, 0) is 24.9 Å². The number of rotatable bonds is 7. The van der Waals surface area contributed by atoms with Gasteiger partial charge in [-0.15, -0.1) is 0 Å². The number of morpholine rings is 1. The topological polar surface area (TPSA) is 41.6 Å². The lowest BCUT2D eigenvalue weighted by atomic mass is 10.2. The summed E-state index contributed by atoms with van der Waals surface area (Å²) in [4.78, 5) is 13.5. The first-order valence-electron chi connectivity index (χ1n) is 6.44. The van der Waals surface area contributed by atoms with Gasteiger partial charge in [0.1, 0.15) is 0 Å². The van der Waals surface area contributed by atoms with Crippen molar-refractivity contribution in [3.8, 4) is 0 Å². The Bertz CT molecular complexity index is 209. The van der Waals surface area contributed by atoms with Crippen molar-refractivity contribution in [2.24, 2.45) is 0 Å². The molecule has 1 rings (SSSR count). The number of hydrogen-bond donors (Lipinski definition) is 1. The minimum Gasteiger partial charge on any atom is -0.378 e. The molecule has 17 heavy (non-hydrogen) atoms. The van der Waals surface area contributed by atoms with Gasteiger partial charge in [-0.25, -0.2) is 4.79 Å². The van der Waals surface area contributed by atoms with Crippen molar-refractivity contribution in [1.29, 1.82) is 0 Å². The molecule has 0 saturated carbocycles. The number of amides is 2. The Morgan fingerprint density at radius 3 is 2.65 bits per heavy atom. The van der Waals surface area contributed by atoms with Gasteiger partial charge in [0.25, 0.3) is 0 Å². The van der Waals surface area contributed by atoms with Gasteiger partial charge in [-0.1, -0.05) is 12.8 Å². The van der Waals surface area contributed by atoms with Crippen molar-refractivity contribution in [3.05, 3.63) is 0 Å². The van der Waals surface area contributed by atoms with Crippen molar-refractivity contribution in [2.75, 3.05) is 44.9 Å². The Kier molecular flexibility index (Phi) is 8.26. The predicted octanol–water partition coefficient (Wildman–Crippen LogP) is 1.95. The lowest BCUT2D eigenvalue weighted by Crippen LogP contribution is -2.46.